The molecule has 3 rings (SSSR count). The molecule has 0 saturated heterocycles. The quantitative estimate of drug-likeness (QED) is 0.0532. The molecule has 0 aliphatic heterocycles. The predicted octanol–water partition coefficient (Wildman–Crippen LogP) is 7.24. The van der Waals surface area contributed by atoms with Crippen LogP contribution < -0.4 is 11.3 Å². The second-order valence-corrected chi connectivity index (χ2v) is 11.6. The van der Waals surface area contributed by atoms with E-state index in [0.29, 0.717) is 19.7 Å². The number of nitrogens with zero attached hydrogens (tertiary/aromatic N) is 1. The first-order valence-electron chi connectivity index (χ1n) is 14.9. The van der Waals surface area contributed by atoms with Crippen LogP contribution in [0, 0.1) is 5.41 Å². The second kappa shape index (κ2) is 16.3. The van der Waals surface area contributed by atoms with E-state index < -0.39 is 0 Å². The van der Waals surface area contributed by atoms with Crippen LogP contribution >= 0.6 is 0 Å². The number of nitrogens with one attached hydrogen (secondary N) is 1. The number of hydrogen-bond acceptors (Lipinski definition) is 5. The lowest BCUT2D eigenvalue weighted by Crippen LogP contribution is -2.23. The van der Waals surface area contributed by atoms with E-state index in [2.05, 4.69) is 79.8 Å². The van der Waals surface area contributed by atoms with Gasteiger partial charge in [0.15, 0.2) is 0 Å². The highest BCUT2D eigenvalue weighted by Crippen LogP contribution is 2.38. The number of aromatic nitrogens is 1. The number of carbonyl (C=O) groups is 1. The van der Waals surface area contributed by atoms with Crippen LogP contribution in [0.4, 0.5) is 0 Å². The van der Waals surface area contributed by atoms with Crippen LogP contribution in [-0.4, -0.2) is 37.9 Å². The van der Waals surface area contributed by atoms with E-state index in [0.717, 1.165) is 43.6 Å². The zero-order valence-corrected chi connectivity index (χ0v) is 25.5. The summed E-state index contributed by atoms with van der Waals surface area (Å²) in [6.07, 6.45) is 11.7. The Labute approximate surface area is 246 Å². The van der Waals surface area contributed by atoms with Crippen LogP contribution in [0.15, 0.2) is 61.2 Å². The fraction of sp³-hybridized carbons (Fsp3) is 0.457. The van der Waals surface area contributed by atoms with Gasteiger partial charge in [0.1, 0.15) is 0 Å². The summed E-state index contributed by atoms with van der Waals surface area (Å²) >= 11 is 0. The first kappa shape index (κ1) is 32.3. The van der Waals surface area contributed by atoms with E-state index in [9.17, 15) is 4.79 Å². The minimum Gasteiger partial charge on any atom is -0.467 e. The summed E-state index contributed by atoms with van der Waals surface area (Å²) in [5.41, 5.74) is 11.0. The average Bonchev–Trinajstić information content (AvgIpc) is 3.27. The number of unbranched alkanes of at least 4 members (excludes halogenated alkanes) is 4. The molecule has 6 heteroatoms. The van der Waals surface area contributed by atoms with Gasteiger partial charge in [-0.15, -0.1) is 0 Å². The summed E-state index contributed by atoms with van der Waals surface area (Å²) in [6.45, 7) is 13.5. The number of benzene rings is 2. The summed E-state index contributed by atoms with van der Waals surface area (Å²) in [5, 5.41) is 1.22. The van der Waals surface area contributed by atoms with Crippen LogP contribution in [0.3, 0.4) is 0 Å². The number of rotatable bonds is 19. The second-order valence-electron chi connectivity index (χ2n) is 11.6. The molecule has 1 heterocycles. The average molecular weight is 560 g/mol. The van der Waals surface area contributed by atoms with Gasteiger partial charge in [0.25, 0.3) is 6.47 Å². The molecule has 0 bridgehead atoms. The van der Waals surface area contributed by atoms with Gasteiger partial charge >= 0.3 is 0 Å². The standard InChI is InChI=1S/C35H49N3O3/c1-6-14-30(24-40-5)34-32(23-35(3,4)25-41-26-39)31-22-29(18-19-33(31)38(34)7-2)28-17-13-16-27(21-28)15-11-9-8-10-12-20-37-36/h6,13-14,16-19,21-22,26,37H,1,7-12,15,20,23-25,36H2,2-5H3/b30-14+. The highest BCUT2D eigenvalue weighted by atomic mass is 16.5. The van der Waals surface area contributed by atoms with Crippen molar-refractivity contribution in [3.05, 3.63) is 78.0 Å². The Morgan fingerprint density at radius 1 is 1.07 bits per heavy atom. The van der Waals surface area contributed by atoms with Crippen LogP contribution in [0.5, 0.6) is 0 Å². The molecule has 0 aliphatic carbocycles. The number of aryl methyl sites for hydroxylation is 2. The third kappa shape index (κ3) is 8.90. The number of hydrogen-bond donors (Lipinski definition) is 2. The monoisotopic (exact) mass is 559 g/mol. The largest absolute Gasteiger partial charge is 0.467 e. The Morgan fingerprint density at radius 3 is 2.54 bits per heavy atom. The maximum absolute atomic E-state index is 11.0. The molecule has 2 aromatic carbocycles. The van der Waals surface area contributed by atoms with Gasteiger partial charge in [0, 0.05) is 42.1 Å². The molecule has 1 aromatic heterocycles. The Hall–Kier alpha value is -3.19. The Balaban J connectivity index is 2.01. The SMILES string of the molecule is C=C/C=C(\COC)c1c(CC(C)(C)COC=O)c2cc(-c3cccc(CCCCCCCNN)c3)ccc2n1CC. The van der Waals surface area contributed by atoms with E-state index in [1.54, 1.807) is 7.11 Å². The first-order valence-corrected chi connectivity index (χ1v) is 14.9. The van der Waals surface area contributed by atoms with Crippen LogP contribution in [0.2, 0.25) is 0 Å². The van der Waals surface area contributed by atoms with Gasteiger partial charge in [0.05, 0.1) is 18.9 Å². The number of ether oxygens (including phenoxy) is 2. The normalized spacial score (nSPS) is 12.2. The van der Waals surface area contributed by atoms with Crippen LogP contribution in [-0.2, 0) is 33.7 Å². The van der Waals surface area contributed by atoms with Crippen molar-refractivity contribution in [1.82, 2.24) is 9.99 Å². The number of allylic oxidation sites excluding steroid dienone is 2. The summed E-state index contributed by atoms with van der Waals surface area (Å²) in [4.78, 5) is 11.0. The molecule has 0 atom stereocenters. The molecule has 0 spiro atoms. The molecule has 41 heavy (non-hydrogen) atoms. The van der Waals surface area contributed by atoms with Gasteiger partial charge in [-0.2, -0.15) is 0 Å². The van der Waals surface area contributed by atoms with Crippen molar-refractivity contribution in [2.75, 3.05) is 26.9 Å². The van der Waals surface area contributed by atoms with Gasteiger partial charge in [-0.05, 0) is 67.0 Å². The summed E-state index contributed by atoms with van der Waals surface area (Å²) in [6, 6.07) is 15.8. The number of hydrazine groups is 1. The molecular formula is C35H49N3O3. The van der Waals surface area contributed by atoms with Crippen LogP contribution in [0.1, 0.15) is 69.7 Å². The van der Waals surface area contributed by atoms with Crippen molar-refractivity contribution in [3.63, 3.8) is 0 Å². The topological polar surface area (TPSA) is 78.5 Å². The van der Waals surface area contributed by atoms with E-state index in [-0.39, 0.29) is 5.41 Å². The molecule has 3 N–H and O–H groups in total. The molecule has 0 unspecified atom stereocenters. The number of carbonyl (C=O) groups excluding carboxylic acids is 1. The lowest BCUT2D eigenvalue weighted by atomic mass is 9.84. The van der Waals surface area contributed by atoms with Gasteiger partial charge < -0.3 is 14.0 Å². The van der Waals surface area contributed by atoms with Gasteiger partial charge in [-0.25, -0.2) is 0 Å². The van der Waals surface area contributed by atoms with Gasteiger partial charge in [0.2, 0.25) is 0 Å². The minimum atomic E-state index is -0.244. The van der Waals surface area contributed by atoms with E-state index in [1.807, 2.05) is 12.2 Å². The molecule has 0 aliphatic rings. The Kier molecular flexibility index (Phi) is 12.9. The highest BCUT2D eigenvalue weighted by Gasteiger charge is 2.27. The van der Waals surface area contributed by atoms with Crippen molar-refractivity contribution in [2.45, 2.75) is 72.3 Å². The number of fused-ring (bicyclic) bond motifs is 1. The smallest absolute Gasteiger partial charge is 0.293 e. The lowest BCUT2D eigenvalue weighted by molar-refractivity contribution is -0.131. The molecule has 0 radical (unpaired) electrons. The van der Waals surface area contributed by atoms with Gasteiger partial charge in [-0.3, -0.25) is 16.1 Å². The Morgan fingerprint density at radius 2 is 1.83 bits per heavy atom. The zero-order valence-electron chi connectivity index (χ0n) is 25.5. The molecule has 0 fully saturated rings. The molecule has 3 aromatic rings. The zero-order chi connectivity index (χ0) is 29.7. The molecular weight excluding hydrogens is 510 g/mol. The van der Waals surface area contributed by atoms with Crippen molar-refractivity contribution in [2.24, 2.45) is 11.3 Å². The van der Waals surface area contributed by atoms with Crippen molar-refractivity contribution in [3.8, 4) is 11.1 Å². The summed E-state index contributed by atoms with van der Waals surface area (Å²) in [5.74, 6) is 5.37. The van der Waals surface area contributed by atoms with E-state index >= 15 is 0 Å². The first-order chi connectivity index (χ1) is 19.9. The van der Waals surface area contributed by atoms with Gasteiger partial charge in [-0.1, -0.05) is 82.2 Å². The van der Waals surface area contributed by atoms with Crippen molar-refractivity contribution >= 4 is 22.9 Å². The molecule has 222 valence electrons. The number of methoxy groups -OCH3 is 1. The summed E-state index contributed by atoms with van der Waals surface area (Å²) < 4.78 is 13.2. The van der Waals surface area contributed by atoms with E-state index in [4.69, 9.17) is 15.3 Å². The van der Waals surface area contributed by atoms with Crippen molar-refractivity contribution in [1.29, 1.82) is 0 Å². The van der Waals surface area contributed by atoms with Crippen molar-refractivity contribution < 1.29 is 14.3 Å². The molecule has 0 saturated carbocycles. The maximum atomic E-state index is 11.0. The third-order valence-electron chi connectivity index (χ3n) is 7.65. The number of nitrogens with two attached hydrogens (primary N) is 1. The third-order valence-corrected chi connectivity index (χ3v) is 7.65. The molecule has 6 nitrogen and oxygen atoms in total. The molecule has 0 amide bonds. The fourth-order valence-corrected chi connectivity index (χ4v) is 5.75. The maximum Gasteiger partial charge on any atom is 0.293 e. The highest BCUT2D eigenvalue weighted by molar-refractivity contribution is 5.94. The Bertz CT molecular complexity index is 1310. The van der Waals surface area contributed by atoms with E-state index in [1.165, 1.54) is 58.8 Å². The predicted molar refractivity (Wildman–Crippen MR) is 172 cm³/mol. The minimum absolute atomic E-state index is 0.244. The fourth-order valence-electron chi connectivity index (χ4n) is 5.75. The van der Waals surface area contributed by atoms with Crippen LogP contribution in [0.25, 0.3) is 27.6 Å². The lowest BCUT2D eigenvalue weighted by Gasteiger charge is -2.24. The summed E-state index contributed by atoms with van der Waals surface area (Å²) in [7, 11) is 1.72.